The van der Waals surface area contributed by atoms with E-state index in [2.05, 4.69) is 11.9 Å². The molecule has 3 rings (SSSR count). The molecule has 190 valence electrons. The lowest BCUT2D eigenvalue weighted by Crippen LogP contribution is -2.14. The molecule has 5 nitrogen and oxygen atoms in total. The number of nitriles is 1. The number of nitrogens with one attached hydrogen (secondary N) is 1. The molecule has 0 fully saturated rings. The van der Waals surface area contributed by atoms with Crippen LogP contribution in [-0.2, 0) is 17.8 Å². The third-order valence-corrected chi connectivity index (χ3v) is 6.49. The van der Waals surface area contributed by atoms with Crippen molar-refractivity contribution in [3.05, 3.63) is 104 Å². The van der Waals surface area contributed by atoms with E-state index in [1.807, 2.05) is 13.0 Å². The van der Waals surface area contributed by atoms with Crippen LogP contribution in [0.5, 0.6) is 11.5 Å². The van der Waals surface area contributed by atoms with Crippen LogP contribution < -0.4 is 14.8 Å². The van der Waals surface area contributed by atoms with Crippen LogP contribution in [0.4, 0.5) is 5.69 Å². The van der Waals surface area contributed by atoms with Crippen molar-refractivity contribution in [3.8, 4) is 17.6 Å². The van der Waals surface area contributed by atoms with Crippen LogP contribution in [-0.4, -0.2) is 12.5 Å². The quantitative estimate of drug-likeness (QED) is 0.149. The van der Waals surface area contributed by atoms with E-state index in [9.17, 15) is 10.1 Å². The monoisotopic (exact) mass is 574 g/mol. The van der Waals surface area contributed by atoms with Crippen LogP contribution in [0.3, 0.4) is 0 Å². The Balaban J connectivity index is 1.95. The molecule has 0 aliphatic carbocycles. The molecule has 0 saturated carbocycles. The van der Waals surface area contributed by atoms with Crippen molar-refractivity contribution in [3.63, 3.8) is 0 Å². The highest BCUT2D eigenvalue weighted by Crippen LogP contribution is 2.36. The van der Waals surface area contributed by atoms with Crippen LogP contribution in [0.15, 0.2) is 66.8 Å². The van der Waals surface area contributed by atoms with Gasteiger partial charge in [-0.3, -0.25) is 4.79 Å². The first-order valence-corrected chi connectivity index (χ1v) is 12.6. The van der Waals surface area contributed by atoms with Gasteiger partial charge in [-0.15, -0.1) is 6.58 Å². The van der Waals surface area contributed by atoms with Gasteiger partial charge in [0.25, 0.3) is 5.91 Å². The zero-order valence-corrected chi connectivity index (χ0v) is 22.8. The average Bonchev–Trinajstić information content (AvgIpc) is 2.86. The molecule has 3 aromatic rings. The van der Waals surface area contributed by atoms with Crippen molar-refractivity contribution >= 4 is 64.1 Å². The van der Waals surface area contributed by atoms with E-state index in [-0.39, 0.29) is 22.2 Å². The van der Waals surface area contributed by atoms with Gasteiger partial charge in [0, 0.05) is 21.2 Å². The van der Waals surface area contributed by atoms with Gasteiger partial charge in [0.05, 0.1) is 22.3 Å². The third kappa shape index (κ3) is 7.44. The van der Waals surface area contributed by atoms with E-state index in [0.29, 0.717) is 45.8 Å². The fourth-order valence-electron chi connectivity index (χ4n) is 3.39. The van der Waals surface area contributed by atoms with Crippen LogP contribution in [0.25, 0.3) is 6.08 Å². The molecule has 0 radical (unpaired) electrons. The van der Waals surface area contributed by atoms with Gasteiger partial charge in [-0.25, -0.2) is 0 Å². The number of hydrogen-bond donors (Lipinski definition) is 1. The fourth-order valence-corrected chi connectivity index (χ4v) is 4.21. The van der Waals surface area contributed by atoms with E-state index >= 15 is 0 Å². The summed E-state index contributed by atoms with van der Waals surface area (Å²) in [5, 5.41) is 13.8. The molecule has 1 amide bonds. The van der Waals surface area contributed by atoms with Gasteiger partial charge < -0.3 is 14.8 Å². The van der Waals surface area contributed by atoms with E-state index < -0.39 is 5.91 Å². The molecule has 37 heavy (non-hydrogen) atoms. The van der Waals surface area contributed by atoms with Crippen molar-refractivity contribution in [2.45, 2.75) is 20.0 Å². The number of benzene rings is 3. The first kappa shape index (κ1) is 28.4. The minimum atomic E-state index is -0.632. The summed E-state index contributed by atoms with van der Waals surface area (Å²) in [7, 11) is 0. The van der Waals surface area contributed by atoms with Gasteiger partial charge >= 0.3 is 0 Å². The maximum atomic E-state index is 12.8. The second-order valence-electron chi connectivity index (χ2n) is 7.68. The zero-order valence-electron chi connectivity index (χ0n) is 19.8. The molecule has 0 spiro atoms. The zero-order chi connectivity index (χ0) is 26.9. The number of ether oxygens (including phenoxy) is 2. The lowest BCUT2D eigenvalue weighted by atomic mass is 10.0. The molecule has 0 heterocycles. The highest BCUT2D eigenvalue weighted by Gasteiger charge is 2.17. The highest BCUT2D eigenvalue weighted by molar-refractivity contribution is 6.44. The lowest BCUT2D eigenvalue weighted by molar-refractivity contribution is -0.112. The SMILES string of the molecule is C=CCc1cc(/C=C(/C#N)C(=O)Nc2cccc(Cl)c2Cl)cc(OCC)c1OCc1ccc(Cl)cc1Cl. The van der Waals surface area contributed by atoms with E-state index in [1.165, 1.54) is 6.08 Å². The predicted octanol–water partition coefficient (Wildman–Crippen LogP) is 8.55. The Kier molecular flexibility index (Phi) is 10.3. The first-order valence-electron chi connectivity index (χ1n) is 11.1. The minimum Gasteiger partial charge on any atom is -0.490 e. The summed E-state index contributed by atoms with van der Waals surface area (Å²) in [5.41, 5.74) is 2.25. The molecule has 0 aliphatic heterocycles. The molecular weight excluding hydrogens is 554 g/mol. The Bertz CT molecular complexity index is 1400. The highest BCUT2D eigenvalue weighted by atomic mass is 35.5. The molecule has 0 unspecified atom stereocenters. The van der Waals surface area contributed by atoms with Crippen molar-refractivity contribution in [1.29, 1.82) is 5.26 Å². The smallest absolute Gasteiger partial charge is 0.266 e. The van der Waals surface area contributed by atoms with E-state index in [0.717, 1.165) is 11.1 Å². The number of allylic oxidation sites excluding steroid dienone is 1. The standard InChI is InChI=1S/C28H22Cl4N2O3/c1-3-6-18-11-17(12-20(15-33)28(35)34-24-8-5-7-22(30)26(24)32)13-25(36-4-2)27(18)37-16-19-9-10-21(29)14-23(19)31/h3,5,7-14H,1,4,6,16H2,2H3,(H,34,35)/b20-12-. The second kappa shape index (κ2) is 13.4. The van der Waals surface area contributed by atoms with Crippen LogP contribution in [0, 0.1) is 11.3 Å². The number of carbonyl (C=O) groups excluding carboxylic acids is 1. The van der Waals surface area contributed by atoms with Crippen molar-refractivity contribution in [2.24, 2.45) is 0 Å². The van der Waals surface area contributed by atoms with Crippen LogP contribution in [0.1, 0.15) is 23.6 Å². The van der Waals surface area contributed by atoms with Crippen molar-refractivity contribution in [2.75, 3.05) is 11.9 Å². The summed E-state index contributed by atoms with van der Waals surface area (Å²) in [6.07, 6.45) is 3.64. The first-order chi connectivity index (χ1) is 17.8. The third-order valence-electron chi connectivity index (χ3n) is 5.08. The van der Waals surface area contributed by atoms with Crippen LogP contribution in [0.2, 0.25) is 20.1 Å². The number of amides is 1. The molecular formula is C28H22Cl4N2O3. The number of halogens is 4. The van der Waals surface area contributed by atoms with Gasteiger partial charge in [0.1, 0.15) is 18.2 Å². The molecule has 0 bridgehead atoms. The number of hydrogen-bond acceptors (Lipinski definition) is 4. The molecule has 0 atom stereocenters. The number of anilines is 1. The van der Waals surface area contributed by atoms with Crippen molar-refractivity contribution < 1.29 is 14.3 Å². The summed E-state index contributed by atoms with van der Waals surface area (Å²) >= 11 is 24.5. The fraction of sp³-hybridized carbons (Fsp3) is 0.143. The lowest BCUT2D eigenvalue weighted by Gasteiger charge is -2.17. The number of carbonyl (C=O) groups is 1. The average molecular weight is 576 g/mol. The van der Waals surface area contributed by atoms with Gasteiger partial charge in [-0.05, 0) is 61.4 Å². The Morgan fingerprint density at radius 1 is 1.05 bits per heavy atom. The topological polar surface area (TPSA) is 71.4 Å². The largest absolute Gasteiger partial charge is 0.490 e. The predicted molar refractivity (Wildman–Crippen MR) is 151 cm³/mol. The molecule has 9 heteroatoms. The van der Waals surface area contributed by atoms with Gasteiger partial charge in [0.15, 0.2) is 11.5 Å². The Hall–Kier alpha value is -3.14. The Labute approximate surface area is 235 Å². The summed E-state index contributed by atoms with van der Waals surface area (Å²) in [4.78, 5) is 12.8. The summed E-state index contributed by atoms with van der Waals surface area (Å²) < 4.78 is 12.0. The molecule has 0 aliphatic rings. The normalized spacial score (nSPS) is 11.0. The maximum absolute atomic E-state index is 12.8. The van der Waals surface area contributed by atoms with Gasteiger partial charge in [-0.1, -0.05) is 64.6 Å². The Morgan fingerprint density at radius 3 is 2.51 bits per heavy atom. The van der Waals surface area contributed by atoms with Gasteiger partial charge in [-0.2, -0.15) is 5.26 Å². The van der Waals surface area contributed by atoms with E-state index in [4.69, 9.17) is 55.9 Å². The summed E-state index contributed by atoms with van der Waals surface area (Å²) in [5.74, 6) is 0.333. The molecule has 3 aromatic carbocycles. The van der Waals surface area contributed by atoms with Gasteiger partial charge in [0.2, 0.25) is 0 Å². The number of rotatable bonds is 10. The minimum absolute atomic E-state index is 0.135. The summed E-state index contributed by atoms with van der Waals surface area (Å²) in [6.45, 7) is 6.23. The molecule has 0 aromatic heterocycles. The van der Waals surface area contributed by atoms with Crippen LogP contribution >= 0.6 is 46.4 Å². The molecule has 1 N–H and O–H groups in total. The summed E-state index contributed by atoms with van der Waals surface area (Å²) in [6, 6.07) is 15.5. The maximum Gasteiger partial charge on any atom is 0.266 e. The van der Waals surface area contributed by atoms with Crippen molar-refractivity contribution in [1.82, 2.24) is 0 Å². The number of nitrogens with zero attached hydrogens (tertiary/aromatic N) is 1. The Morgan fingerprint density at radius 2 is 1.84 bits per heavy atom. The second-order valence-corrected chi connectivity index (χ2v) is 9.31. The molecule has 0 saturated heterocycles. The van der Waals surface area contributed by atoms with E-state index in [1.54, 1.807) is 54.6 Å².